The Kier molecular flexibility index (Phi) is 2.11. The van der Waals surface area contributed by atoms with Crippen LogP contribution in [0.5, 0.6) is 0 Å². The Morgan fingerprint density at radius 1 is 1.44 bits per heavy atom. The van der Waals surface area contributed by atoms with Crippen molar-refractivity contribution in [2.45, 2.75) is 39.1 Å². The lowest BCUT2D eigenvalue weighted by Gasteiger charge is -2.32. The number of carboxylic acids is 1. The summed E-state index contributed by atoms with van der Waals surface area (Å²) >= 11 is 0. The number of carbonyl (C=O) groups is 2. The molecule has 0 bridgehead atoms. The van der Waals surface area contributed by atoms with E-state index >= 15 is 0 Å². The van der Waals surface area contributed by atoms with E-state index in [1.165, 1.54) is 0 Å². The van der Waals surface area contributed by atoms with Gasteiger partial charge in [0.15, 0.2) is 0 Å². The highest BCUT2D eigenvalue weighted by Crippen LogP contribution is 2.19. The molecule has 1 heterocycles. The third kappa shape index (κ3) is 3.72. The lowest BCUT2D eigenvalue weighted by molar-refractivity contribution is -0.143. The summed E-state index contributed by atoms with van der Waals surface area (Å²) in [5, 5.41) is 9.08. The molecule has 0 spiro atoms. The van der Waals surface area contributed by atoms with Gasteiger partial charge in [0.25, 0.3) is 0 Å². The fourth-order valence-corrected chi connectivity index (χ4v) is 1.07. The van der Waals surface area contributed by atoms with Crippen LogP contribution in [0.4, 0.5) is 4.79 Å². The first-order chi connectivity index (χ1) is 9.14. The van der Waals surface area contributed by atoms with Crippen molar-refractivity contribution in [1.29, 1.82) is 0 Å². The summed E-state index contributed by atoms with van der Waals surface area (Å²) in [5.74, 6) is -4.90. The molecular weight excluding hydrogens is 210 g/mol. The highest BCUT2D eigenvalue weighted by molar-refractivity contribution is 5.71. The molecule has 92 valence electrons. The molecule has 1 N–H and O–H groups in total. The number of piperidine rings is 1. The zero-order valence-corrected chi connectivity index (χ0v) is 9.53. The first kappa shape index (κ1) is 7.14. The van der Waals surface area contributed by atoms with E-state index in [1.807, 2.05) is 0 Å². The van der Waals surface area contributed by atoms with Crippen LogP contribution in [0.1, 0.15) is 40.4 Å². The second-order valence-electron chi connectivity index (χ2n) is 4.37. The molecule has 16 heavy (non-hydrogen) atoms. The van der Waals surface area contributed by atoms with Crippen molar-refractivity contribution < 1.29 is 26.3 Å². The van der Waals surface area contributed by atoms with Gasteiger partial charge in [-0.05, 0) is 33.5 Å². The molecule has 0 saturated carbocycles. The average molecular weight is 234 g/mol. The highest BCUT2D eigenvalue weighted by Gasteiger charge is 2.29. The van der Waals surface area contributed by atoms with Crippen molar-refractivity contribution in [3.8, 4) is 0 Å². The molecule has 1 fully saturated rings. The van der Waals surface area contributed by atoms with Crippen LogP contribution in [0.15, 0.2) is 0 Å². The van der Waals surface area contributed by atoms with Crippen molar-refractivity contribution in [2.24, 2.45) is 5.89 Å². The Morgan fingerprint density at radius 2 is 1.94 bits per heavy atom. The van der Waals surface area contributed by atoms with Gasteiger partial charge in [-0.1, -0.05) is 0 Å². The number of amides is 1. The van der Waals surface area contributed by atoms with Crippen molar-refractivity contribution in [1.82, 2.24) is 4.90 Å². The summed E-state index contributed by atoms with van der Waals surface area (Å²) in [6.45, 7) is 3.35. The Bertz CT molecular complexity index is 442. The van der Waals surface area contributed by atoms with E-state index < -0.39 is 49.4 Å². The number of ether oxygens (including phenoxy) is 1. The molecule has 1 amide bonds. The summed E-state index contributed by atoms with van der Waals surface area (Å²) < 4.78 is 43.7. The molecule has 0 aromatic carbocycles. The van der Waals surface area contributed by atoms with Crippen LogP contribution >= 0.6 is 0 Å². The van der Waals surface area contributed by atoms with E-state index in [0.717, 1.165) is 4.90 Å². The van der Waals surface area contributed by atoms with Gasteiger partial charge in [0.2, 0.25) is 0 Å². The number of hydrogen-bond acceptors (Lipinski definition) is 3. The van der Waals surface area contributed by atoms with Gasteiger partial charge in [-0.25, -0.2) is 4.79 Å². The van der Waals surface area contributed by atoms with Gasteiger partial charge >= 0.3 is 12.1 Å². The van der Waals surface area contributed by atoms with Crippen LogP contribution in [0, 0.1) is 5.89 Å². The predicted octanol–water partition coefficient (Wildman–Crippen LogP) is 1.72. The van der Waals surface area contributed by atoms with Gasteiger partial charge in [0.05, 0.1) is 5.89 Å². The Labute approximate surface area is 102 Å². The summed E-state index contributed by atoms with van der Waals surface area (Å²) in [4.78, 5) is 23.9. The van der Waals surface area contributed by atoms with Crippen molar-refractivity contribution in [3.05, 3.63) is 0 Å². The largest absolute Gasteiger partial charge is 0.481 e. The number of likely N-dealkylation sites (tertiary alicyclic amines) is 1. The van der Waals surface area contributed by atoms with Crippen molar-refractivity contribution in [2.75, 3.05) is 13.1 Å². The van der Waals surface area contributed by atoms with Crippen LogP contribution in [-0.4, -0.2) is 40.8 Å². The quantitative estimate of drug-likeness (QED) is 0.750. The molecule has 0 aliphatic carbocycles. The van der Waals surface area contributed by atoms with E-state index in [-0.39, 0.29) is 0 Å². The van der Waals surface area contributed by atoms with E-state index in [2.05, 4.69) is 0 Å². The Hall–Kier alpha value is -1.26. The van der Waals surface area contributed by atoms with Crippen molar-refractivity contribution >= 4 is 12.1 Å². The summed E-state index contributed by atoms with van der Waals surface area (Å²) in [5.41, 5.74) is -0.848. The fraction of sp³-hybridized carbons (Fsp3) is 0.818. The molecule has 5 heteroatoms. The first-order valence-electron chi connectivity index (χ1n) is 7.35. The van der Waals surface area contributed by atoms with Gasteiger partial charge in [0, 0.05) is 19.9 Å². The molecular formula is C11H19NO4. The minimum absolute atomic E-state index is 0.725. The molecule has 1 aliphatic rings. The van der Waals surface area contributed by atoms with Gasteiger partial charge in [0.1, 0.15) is 5.60 Å². The second-order valence-corrected chi connectivity index (χ2v) is 4.37. The van der Waals surface area contributed by atoms with Crippen LogP contribution < -0.4 is 0 Å². The van der Waals surface area contributed by atoms with Gasteiger partial charge in [-0.3, -0.25) is 4.79 Å². The summed E-state index contributed by atoms with van der Waals surface area (Å²) in [7, 11) is 0. The predicted molar refractivity (Wildman–Crippen MR) is 58.2 cm³/mol. The lowest BCUT2D eigenvalue weighted by Crippen LogP contribution is -2.42. The number of rotatable bonds is 1. The molecule has 5 nitrogen and oxygen atoms in total. The summed E-state index contributed by atoms with van der Waals surface area (Å²) in [6.07, 6.45) is -6.47. The third-order valence-electron chi connectivity index (χ3n) is 1.76. The maximum Gasteiger partial charge on any atom is 0.410 e. The molecule has 0 radical (unpaired) electrons. The normalized spacial score (nSPS) is 31.2. The minimum Gasteiger partial charge on any atom is -0.481 e. The van der Waals surface area contributed by atoms with Crippen LogP contribution in [0.3, 0.4) is 0 Å². The molecule has 1 aliphatic heterocycles. The van der Waals surface area contributed by atoms with Crippen molar-refractivity contribution in [3.63, 3.8) is 0 Å². The fourth-order valence-electron chi connectivity index (χ4n) is 1.07. The Balaban J connectivity index is 3.12. The molecule has 0 aromatic heterocycles. The van der Waals surface area contributed by atoms with Crippen LogP contribution in [-0.2, 0) is 9.53 Å². The maximum atomic E-state index is 11.9. The van der Waals surface area contributed by atoms with Crippen LogP contribution in [0.2, 0.25) is 0 Å². The molecule has 1 saturated heterocycles. The zero-order chi connectivity index (χ0) is 16.9. The smallest absolute Gasteiger partial charge is 0.410 e. The van der Waals surface area contributed by atoms with Gasteiger partial charge in [-0.15, -0.1) is 0 Å². The maximum absolute atomic E-state index is 11.9. The lowest BCUT2D eigenvalue weighted by atomic mass is 9.97. The Morgan fingerprint density at radius 3 is 2.31 bits per heavy atom. The first-order valence-corrected chi connectivity index (χ1v) is 4.85. The minimum atomic E-state index is -3.00. The molecule has 0 atom stereocenters. The zero-order valence-electron chi connectivity index (χ0n) is 14.5. The van der Waals surface area contributed by atoms with Gasteiger partial charge in [-0.2, -0.15) is 0 Å². The number of nitrogens with zero attached hydrogens (tertiary/aromatic N) is 1. The standard InChI is InChI=1S/C11H19NO4/c1-11(2,3)16-10(15)12-6-4-8(5-7-12)9(13)14/h8H,4-7H2,1-3H3,(H,13,14)/i4D2,5D2,8D. The highest BCUT2D eigenvalue weighted by atomic mass is 16.6. The number of carbonyl (C=O) groups excluding carboxylic acids is 1. The number of carboxylic acid groups (broad SMARTS) is 1. The van der Waals surface area contributed by atoms with Gasteiger partial charge < -0.3 is 14.7 Å². The summed E-state index contributed by atoms with van der Waals surface area (Å²) in [6, 6.07) is 0. The monoisotopic (exact) mass is 234 g/mol. The second kappa shape index (κ2) is 4.72. The number of hydrogen-bond donors (Lipinski definition) is 1. The molecule has 0 unspecified atom stereocenters. The topological polar surface area (TPSA) is 66.8 Å². The van der Waals surface area contributed by atoms with Crippen LogP contribution in [0.25, 0.3) is 0 Å². The SMILES string of the molecule is [2H]C1([2H])CN(C(=O)OC(C)(C)C)CC([2H])([2H])C1([2H])C(=O)O. The molecule has 0 aromatic rings. The van der Waals surface area contributed by atoms with E-state index in [0.29, 0.717) is 0 Å². The third-order valence-corrected chi connectivity index (χ3v) is 1.76. The number of aliphatic carboxylic acids is 1. The van der Waals surface area contributed by atoms with E-state index in [1.54, 1.807) is 20.8 Å². The molecule has 1 rings (SSSR count). The van der Waals surface area contributed by atoms with E-state index in [9.17, 15) is 9.59 Å². The average Bonchev–Trinajstić information content (AvgIpc) is 2.21. The van der Waals surface area contributed by atoms with E-state index in [4.69, 9.17) is 16.7 Å².